The lowest BCUT2D eigenvalue weighted by Crippen LogP contribution is -2.45. The summed E-state index contributed by atoms with van der Waals surface area (Å²) in [5.41, 5.74) is 2.37. The second-order valence-corrected chi connectivity index (χ2v) is 6.66. The molecule has 0 atom stereocenters. The molecule has 0 saturated heterocycles. The number of halogens is 1. The molecule has 3 aromatic rings. The topological polar surface area (TPSA) is 62.5 Å². The van der Waals surface area contributed by atoms with Gasteiger partial charge in [0.1, 0.15) is 0 Å². The zero-order valence-corrected chi connectivity index (χ0v) is 14.4. The quantitative estimate of drug-likeness (QED) is 0.770. The molecule has 4 rings (SSSR count). The van der Waals surface area contributed by atoms with E-state index in [0.29, 0.717) is 11.6 Å². The van der Waals surface area contributed by atoms with Crippen LogP contribution in [0.3, 0.4) is 0 Å². The minimum absolute atomic E-state index is 0.109. The number of amides is 2. The number of nitrogens with one attached hydrogen (secondary N) is 1. The van der Waals surface area contributed by atoms with Gasteiger partial charge in [-0.1, -0.05) is 11.6 Å². The van der Waals surface area contributed by atoms with Gasteiger partial charge in [-0.3, -0.25) is 4.98 Å². The highest BCUT2D eigenvalue weighted by molar-refractivity contribution is 6.30. The van der Waals surface area contributed by atoms with E-state index in [-0.39, 0.29) is 12.1 Å². The van der Waals surface area contributed by atoms with E-state index in [1.165, 1.54) is 0 Å². The van der Waals surface area contributed by atoms with Crippen LogP contribution in [-0.2, 0) is 6.54 Å². The first-order valence-electron chi connectivity index (χ1n) is 8.30. The Bertz CT molecular complexity index is 855. The van der Waals surface area contributed by atoms with Crippen LogP contribution in [-0.4, -0.2) is 31.3 Å². The van der Waals surface area contributed by atoms with Crippen LogP contribution >= 0.6 is 11.6 Å². The summed E-state index contributed by atoms with van der Waals surface area (Å²) < 4.78 is 1.92. The number of urea groups is 1. The Labute approximate surface area is 150 Å². The van der Waals surface area contributed by atoms with Crippen molar-refractivity contribution in [1.29, 1.82) is 0 Å². The van der Waals surface area contributed by atoms with Crippen molar-refractivity contribution >= 4 is 29.0 Å². The van der Waals surface area contributed by atoms with Gasteiger partial charge in [-0.2, -0.15) is 0 Å². The van der Waals surface area contributed by atoms with Crippen molar-refractivity contribution in [3.8, 4) is 0 Å². The molecule has 0 spiro atoms. The normalized spacial score (nSPS) is 14.3. The van der Waals surface area contributed by atoms with E-state index in [1.54, 1.807) is 36.7 Å². The highest BCUT2D eigenvalue weighted by Gasteiger charge is 2.29. The fraction of sp³-hybridized carbons (Fsp3) is 0.278. The summed E-state index contributed by atoms with van der Waals surface area (Å²) in [5.74, 6) is 0. The molecule has 2 amide bonds. The maximum absolute atomic E-state index is 12.8. The number of hydrogen-bond acceptors (Lipinski definition) is 3. The van der Waals surface area contributed by atoms with Gasteiger partial charge in [0, 0.05) is 35.3 Å². The van der Waals surface area contributed by atoms with Gasteiger partial charge in [-0.15, -0.1) is 0 Å². The first kappa shape index (κ1) is 15.9. The van der Waals surface area contributed by atoms with Gasteiger partial charge in [0.25, 0.3) is 0 Å². The lowest BCUT2D eigenvalue weighted by atomic mass is 9.91. The van der Waals surface area contributed by atoms with E-state index < -0.39 is 0 Å². The van der Waals surface area contributed by atoms with Gasteiger partial charge < -0.3 is 14.6 Å². The van der Waals surface area contributed by atoms with Crippen LogP contribution in [0.25, 0.3) is 5.65 Å². The van der Waals surface area contributed by atoms with E-state index in [1.807, 2.05) is 21.7 Å². The van der Waals surface area contributed by atoms with Crippen molar-refractivity contribution in [1.82, 2.24) is 19.3 Å². The van der Waals surface area contributed by atoms with Crippen molar-refractivity contribution < 1.29 is 4.79 Å². The molecular formula is C18H18ClN5O. The minimum atomic E-state index is -0.109. The Morgan fingerprint density at radius 2 is 2.12 bits per heavy atom. The zero-order valence-electron chi connectivity index (χ0n) is 13.6. The molecule has 0 bridgehead atoms. The largest absolute Gasteiger partial charge is 0.322 e. The van der Waals surface area contributed by atoms with Crippen molar-refractivity contribution in [2.75, 3.05) is 5.32 Å². The Morgan fingerprint density at radius 3 is 2.80 bits per heavy atom. The number of aromatic nitrogens is 3. The van der Waals surface area contributed by atoms with Crippen molar-refractivity contribution in [2.24, 2.45) is 0 Å². The molecule has 0 unspecified atom stereocenters. The molecule has 0 aliphatic heterocycles. The number of hydrogen-bond donors (Lipinski definition) is 1. The molecule has 0 radical (unpaired) electrons. The molecule has 6 nitrogen and oxygen atoms in total. The summed E-state index contributed by atoms with van der Waals surface area (Å²) in [6.07, 6.45) is 10.4. The molecule has 25 heavy (non-hydrogen) atoms. The minimum Gasteiger partial charge on any atom is -0.316 e. The van der Waals surface area contributed by atoms with Crippen molar-refractivity contribution in [3.63, 3.8) is 0 Å². The van der Waals surface area contributed by atoms with E-state index in [0.717, 1.165) is 36.3 Å². The molecule has 1 aromatic carbocycles. The van der Waals surface area contributed by atoms with Crippen molar-refractivity contribution in [3.05, 3.63) is 59.8 Å². The average Bonchev–Trinajstić information content (AvgIpc) is 2.97. The average molecular weight is 356 g/mol. The number of anilines is 1. The number of carbonyl (C=O) groups is 1. The maximum atomic E-state index is 12.8. The monoisotopic (exact) mass is 355 g/mol. The Hall–Kier alpha value is -2.60. The molecule has 2 aromatic heterocycles. The molecular weight excluding hydrogens is 338 g/mol. The number of fused-ring (bicyclic) bond motifs is 1. The fourth-order valence-electron chi connectivity index (χ4n) is 2.94. The third kappa shape index (κ3) is 3.44. The SMILES string of the molecule is O=C(Nc1ccc(Cl)cc1)N(Cc1cn2ccncc2n1)C1CCC1. The Kier molecular flexibility index (Phi) is 4.28. The lowest BCUT2D eigenvalue weighted by molar-refractivity contribution is 0.143. The van der Waals surface area contributed by atoms with Gasteiger partial charge >= 0.3 is 6.03 Å². The second-order valence-electron chi connectivity index (χ2n) is 6.22. The third-order valence-electron chi connectivity index (χ3n) is 4.52. The van der Waals surface area contributed by atoms with Crippen LogP contribution in [0.4, 0.5) is 10.5 Å². The highest BCUT2D eigenvalue weighted by atomic mass is 35.5. The Morgan fingerprint density at radius 1 is 1.32 bits per heavy atom. The van der Waals surface area contributed by atoms with Gasteiger partial charge in [-0.05, 0) is 43.5 Å². The van der Waals surface area contributed by atoms with E-state index in [9.17, 15) is 4.79 Å². The van der Waals surface area contributed by atoms with Crippen LogP contribution in [0.1, 0.15) is 25.0 Å². The lowest BCUT2D eigenvalue weighted by Gasteiger charge is -2.37. The van der Waals surface area contributed by atoms with E-state index >= 15 is 0 Å². The van der Waals surface area contributed by atoms with E-state index in [2.05, 4.69) is 15.3 Å². The number of imidazole rings is 1. The second kappa shape index (κ2) is 6.72. The number of rotatable bonds is 4. The summed E-state index contributed by atoms with van der Waals surface area (Å²) in [6.45, 7) is 0.478. The molecule has 1 saturated carbocycles. The molecule has 1 fully saturated rings. The predicted molar refractivity (Wildman–Crippen MR) is 96.6 cm³/mol. The molecule has 128 valence electrons. The summed E-state index contributed by atoms with van der Waals surface area (Å²) >= 11 is 5.90. The summed E-state index contributed by atoms with van der Waals surface area (Å²) in [6, 6.07) is 7.28. The molecule has 7 heteroatoms. The van der Waals surface area contributed by atoms with Crippen LogP contribution in [0, 0.1) is 0 Å². The van der Waals surface area contributed by atoms with Crippen LogP contribution in [0.15, 0.2) is 49.1 Å². The summed E-state index contributed by atoms with van der Waals surface area (Å²) in [4.78, 5) is 23.3. The fourth-order valence-corrected chi connectivity index (χ4v) is 3.07. The highest BCUT2D eigenvalue weighted by Crippen LogP contribution is 2.27. The van der Waals surface area contributed by atoms with Crippen LogP contribution in [0.5, 0.6) is 0 Å². The molecule has 2 heterocycles. The van der Waals surface area contributed by atoms with E-state index in [4.69, 9.17) is 11.6 Å². The first-order valence-corrected chi connectivity index (χ1v) is 8.67. The molecule has 1 aliphatic rings. The molecule has 1 aliphatic carbocycles. The zero-order chi connectivity index (χ0) is 17.2. The maximum Gasteiger partial charge on any atom is 0.322 e. The van der Waals surface area contributed by atoms with Gasteiger partial charge in [0.05, 0.1) is 18.4 Å². The van der Waals surface area contributed by atoms with Crippen LogP contribution < -0.4 is 5.32 Å². The molecule has 1 N–H and O–H groups in total. The number of nitrogens with zero attached hydrogens (tertiary/aromatic N) is 4. The van der Waals surface area contributed by atoms with Crippen LogP contribution in [0.2, 0.25) is 5.02 Å². The first-order chi connectivity index (χ1) is 12.2. The number of carbonyl (C=O) groups excluding carboxylic acids is 1. The van der Waals surface area contributed by atoms with Crippen molar-refractivity contribution in [2.45, 2.75) is 31.8 Å². The summed E-state index contributed by atoms with van der Waals surface area (Å²) in [7, 11) is 0. The van der Waals surface area contributed by atoms with Gasteiger partial charge in [-0.25, -0.2) is 9.78 Å². The smallest absolute Gasteiger partial charge is 0.316 e. The standard InChI is InChI=1S/C18H18ClN5O/c19-13-4-6-14(7-5-13)22-18(25)24(16-2-1-3-16)12-15-11-23-9-8-20-10-17(23)21-15/h4-11,16H,1-3,12H2,(H,22,25). The third-order valence-corrected chi connectivity index (χ3v) is 4.77. The van der Waals surface area contributed by atoms with Gasteiger partial charge in [0.2, 0.25) is 0 Å². The Balaban J connectivity index is 1.52. The predicted octanol–water partition coefficient (Wildman–Crippen LogP) is 3.97. The number of benzene rings is 1. The summed E-state index contributed by atoms with van der Waals surface area (Å²) in [5, 5.41) is 3.60. The van der Waals surface area contributed by atoms with Gasteiger partial charge in [0.15, 0.2) is 5.65 Å².